The van der Waals surface area contributed by atoms with Gasteiger partial charge in [0.05, 0.1) is 6.20 Å². The zero-order valence-electron chi connectivity index (χ0n) is 10.5. The Labute approximate surface area is 97.9 Å². The third kappa shape index (κ3) is 3.77. The summed E-state index contributed by atoms with van der Waals surface area (Å²) in [4.78, 5) is 10.7. The number of nitrogens with two attached hydrogens (primary N) is 1. The molecule has 90 valence electrons. The maximum atomic E-state index is 5.77. The van der Waals surface area contributed by atoms with Crippen molar-refractivity contribution in [2.24, 2.45) is 11.1 Å². The Bertz CT molecular complexity index is 297. The maximum Gasteiger partial charge on any atom is 0.147 e. The van der Waals surface area contributed by atoms with Gasteiger partial charge in [0, 0.05) is 25.5 Å². The number of anilines is 1. The molecule has 16 heavy (non-hydrogen) atoms. The Morgan fingerprint density at radius 1 is 1.38 bits per heavy atom. The maximum absolute atomic E-state index is 5.77. The van der Waals surface area contributed by atoms with E-state index in [0.717, 1.165) is 25.3 Å². The van der Waals surface area contributed by atoms with Crippen LogP contribution in [0, 0.1) is 5.41 Å². The molecule has 0 bridgehead atoms. The lowest BCUT2D eigenvalue weighted by molar-refractivity contribution is 0.376. The van der Waals surface area contributed by atoms with Crippen LogP contribution in [0.2, 0.25) is 0 Å². The third-order valence-corrected chi connectivity index (χ3v) is 2.54. The molecule has 0 aliphatic carbocycles. The first-order valence-corrected chi connectivity index (χ1v) is 5.80. The highest BCUT2D eigenvalue weighted by molar-refractivity contribution is 5.35. The molecule has 0 aromatic carbocycles. The van der Waals surface area contributed by atoms with Crippen LogP contribution in [0.5, 0.6) is 0 Å². The highest BCUT2D eigenvalue weighted by atomic mass is 15.2. The van der Waals surface area contributed by atoms with Gasteiger partial charge in [0.2, 0.25) is 0 Å². The van der Waals surface area contributed by atoms with Gasteiger partial charge in [-0.25, -0.2) is 4.98 Å². The molecule has 0 radical (unpaired) electrons. The van der Waals surface area contributed by atoms with Gasteiger partial charge in [-0.15, -0.1) is 0 Å². The zero-order chi connectivity index (χ0) is 12.0. The predicted molar refractivity (Wildman–Crippen MR) is 67.4 cm³/mol. The van der Waals surface area contributed by atoms with E-state index in [2.05, 4.69) is 35.6 Å². The van der Waals surface area contributed by atoms with E-state index in [9.17, 15) is 0 Å². The Balaban J connectivity index is 2.76. The molecular formula is C12H22N4. The summed E-state index contributed by atoms with van der Waals surface area (Å²) in [6, 6.07) is 0. The largest absolute Gasteiger partial charge is 0.355 e. The van der Waals surface area contributed by atoms with Crippen molar-refractivity contribution in [2.75, 3.05) is 24.5 Å². The van der Waals surface area contributed by atoms with E-state index in [-0.39, 0.29) is 5.41 Å². The molecule has 0 saturated carbocycles. The quantitative estimate of drug-likeness (QED) is 0.795. The average molecular weight is 222 g/mol. The van der Waals surface area contributed by atoms with Crippen LogP contribution in [0.25, 0.3) is 0 Å². The van der Waals surface area contributed by atoms with Gasteiger partial charge in [0.1, 0.15) is 5.82 Å². The summed E-state index contributed by atoms with van der Waals surface area (Å²) in [5.41, 5.74) is 5.87. The lowest BCUT2D eigenvalue weighted by Crippen LogP contribution is -2.39. The number of aromatic nitrogens is 2. The summed E-state index contributed by atoms with van der Waals surface area (Å²) in [7, 11) is 0. The molecule has 4 heteroatoms. The predicted octanol–water partition coefficient (Wildman–Crippen LogP) is 1.68. The van der Waals surface area contributed by atoms with Crippen molar-refractivity contribution in [2.45, 2.75) is 27.2 Å². The molecule has 2 N–H and O–H groups in total. The summed E-state index contributed by atoms with van der Waals surface area (Å²) in [6.45, 7) is 9.09. The number of nitrogens with zero attached hydrogens (tertiary/aromatic N) is 3. The molecular weight excluding hydrogens is 200 g/mol. The highest BCUT2D eigenvalue weighted by Crippen LogP contribution is 2.19. The fraction of sp³-hybridized carbons (Fsp3) is 0.667. The minimum Gasteiger partial charge on any atom is -0.355 e. The van der Waals surface area contributed by atoms with E-state index >= 15 is 0 Å². The van der Waals surface area contributed by atoms with E-state index in [0.29, 0.717) is 6.54 Å². The number of hydrogen-bond acceptors (Lipinski definition) is 4. The Hall–Kier alpha value is -1.16. The van der Waals surface area contributed by atoms with Gasteiger partial charge < -0.3 is 10.6 Å². The van der Waals surface area contributed by atoms with Gasteiger partial charge in [0.25, 0.3) is 0 Å². The fourth-order valence-corrected chi connectivity index (χ4v) is 1.58. The molecule has 1 aromatic rings. The monoisotopic (exact) mass is 222 g/mol. The molecule has 0 spiro atoms. The standard InChI is InChI=1S/C12H22N4/c1-4-7-16(10-12(2,3)9-13)11-8-14-5-6-15-11/h5-6,8H,4,7,9-10,13H2,1-3H3. The Morgan fingerprint density at radius 2 is 2.12 bits per heavy atom. The molecule has 0 atom stereocenters. The molecule has 4 nitrogen and oxygen atoms in total. The van der Waals surface area contributed by atoms with Gasteiger partial charge in [-0.3, -0.25) is 4.98 Å². The second kappa shape index (κ2) is 5.80. The molecule has 0 saturated heterocycles. The normalized spacial score (nSPS) is 11.5. The van der Waals surface area contributed by atoms with Crippen LogP contribution in [0.4, 0.5) is 5.82 Å². The van der Waals surface area contributed by atoms with Crippen LogP contribution < -0.4 is 10.6 Å². The van der Waals surface area contributed by atoms with E-state index < -0.39 is 0 Å². The van der Waals surface area contributed by atoms with E-state index in [1.54, 1.807) is 12.4 Å². The minimum atomic E-state index is 0.104. The molecule has 0 amide bonds. The van der Waals surface area contributed by atoms with Crippen molar-refractivity contribution >= 4 is 5.82 Å². The molecule has 0 fully saturated rings. The van der Waals surface area contributed by atoms with Crippen LogP contribution in [0.1, 0.15) is 27.2 Å². The summed E-state index contributed by atoms with van der Waals surface area (Å²) in [5.74, 6) is 0.936. The summed E-state index contributed by atoms with van der Waals surface area (Å²) >= 11 is 0. The van der Waals surface area contributed by atoms with Crippen molar-refractivity contribution in [1.82, 2.24) is 9.97 Å². The smallest absolute Gasteiger partial charge is 0.147 e. The van der Waals surface area contributed by atoms with E-state index in [1.165, 1.54) is 0 Å². The lowest BCUT2D eigenvalue weighted by Gasteiger charge is -2.32. The average Bonchev–Trinajstić information content (AvgIpc) is 2.29. The highest BCUT2D eigenvalue weighted by Gasteiger charge is 2.20. The van der Waals surface area contributed by atoms with Gasteiger partial charge in [0.15, 0.2) is 0 Å². The number of rotatable bonds is 6. The van der Waals surface area contributed by atoms with Crippen LogP contribution in [-0.4, -0.2) is 29.6 Å². The van der Waals surface area contributed by atoms with E-state index in [4.69, 9.17) is 5.73 Å². The summed E-state index contributed by atoms with van der Waals surface area (Å²) in [6.07, 6.45) is 6.33. The second-order valence-corrected chi connectivity index (χ2v) is 4.85. The first-order valence-electron chi connectivity index (χ1n) is 5.80. The topological polar surface area (TPSA) is 55.0 Å². The van der Waals surface area contributed by atoms with Crippen LogP contribution in [-0.2, 0) is 0 Å². The molecule has 0 unspecified atom stereocenters. The fourth-order valence-electron chi connectivity index (χ4n) is 1.58. The van der Waals surface area contributed by atoms with Gasteiger partial charge in [-0.05, 0) is 18.4 Å². The van der Waals surface area contributed by atoms with E-state index in [1.807, 2.05) is 6.20 Å². The van der Waals surface area contributed by atoms with Crippen LogP contribution in [0.3, 0.4) is 0 Å². The number of hydrogen-bond donors (Lipinski definition) is 1. The van der Waals surface area contributed by atoms with Crippen LogP contribution in [0.15, 0.2) is 18.6 Å². The molecule has 1 rings (SSSR count). The van der Waals surface area contributed by atoms with Crippen molar-refractivity contribution < 1.29 is 0 Å². The Kier molecular flexibility index (Phi) is 4.68. The molecule has 1 heterocycles. The van der Waals surface area contributed by atoms with Gasteiger partial charge >= 0.3 is 0 Å². The summed E-state index contributed by atoms with van der Waals surface area (Å²) < 4.78 is 0. The summed E-state index contributed by atoms with van der Waals surface area (Å²) in [5, 5.41) is 0. The molecule has 0 aliphatic rings. The molecule has 0 aliphatic heterocycles. The zero-order valence-corrected chi connectivity index (χ0v) is 10.5. The minimum absolute atomic E-state index is 0.104. The Morgan fingerprint density at radius 3 is 2.62 bits per heavy atom. The first kappa shape index (κ1) is 12.9. The van der Waals surface area contributed by atoms with Crippen LogP contribution >= 0.6 is 0 Å². The van der Waals surface area contributed by atoms with Crippen molar-refractivity contribution in [3.63, 3.8) is 0 Å². The first-order chi connectivity index (χ1) is 7.59. The van der Waals surface area contributed by atoms with Gasteiger partial charge in [-0.1, -0.05) is 20.8 Å². The SMILES string of the molecule is CCCN(CC(C)(C)CN)c1cnccn1. The third-order valence-electron chi connectivity index (χ3n) is 2.54. The molecule has 1 aromatic heterocycles. The second-order valence-electron chi connectivity index (χ2n) is 4.85. The van der Waals surface area contributed by atoms with Crippen molar-refractivity contribution in [3.8, 4) is 0 Å². The van der Waals surface area contributed by atoms with Gasteiger partial charge in [-0.2, -0.15) is 0 Å². The van der Waals surface area contributed by atoms with Crippen molar-refractivity contribution in [3.05, 3.63) is 18.6 Å². The van der Waals surface area contributed by atoms with Crippen molar-refractivity contribution in [1.29, 1.82) is 0 Å². The lowest BCUT2D eigenvalue weighted by atomic mass is 9.93.